The van der Waals surface area contributed by atoms with E-state index in [0.29, 0.717) is 32.6 Å². The quantitative estimate of drug-likeness (QED) is 0.602. The fourth-order valence-corrected chi connectivity index (χ4v) is 3.32. The molecule has 1 aliphatic heterocycles. The van der Waals surface area contributed by atoms with E-state index in [1.807, 2.05) is 0 Å². The van der Waals surface area contributed by atoms with Gasteiger partial charge < -0.3 is 4.90 Å². The molecule has 9 heteroatoms. The monoisotopic (exact) mass is 371 g/mol. The van der Waals surface area contributed by atoms with Crippen LogP contribution in [0, 0.1) is 16.0 Å². The normalized spacial score (nSPS) is 24.2. The second kappa shape index (κ2) is 7.22. The van der Waals surface area contributed by atoms with E-state index in [0.717, 1.165) is 30.7 Å². The van der Waals surface area contributed by atoms with Crippen molar-refractivity contribution in [2.45, 2.75) is 31.6 Å². The van der Waals surface area contributed by atoms with E-state index >= 15 is 0 Å². The number of rotatable bonds is 4. The summed E-state index contributed by atoms with van der Waals surface area (Å²) in [5, 5.41) is 10.7. The van der Waals surface area contributed by atoms with Crippen molar-refractivity contribution in [1.82, 2.24) is 9.80 Å². The van der Waals surface area contributed by atoms with Crippen molar-refractivity contribution in [2.24, 2.45) is 5.92 Å². The molecule has 1 saturated carbocycles. The van der Waals surface area contributed by atoms with Crippen molar-refractivity contribution in [1.29, 1.82) is 0 Å². The molecular formula is C17H20F3N3O3. The molecule has 0 bridgehead atoms. The number of nitro groups is 1. The second-order valence-corrected chi connectivity index (χ2v) is 6.84. The van der Waals surface area contributed by atoms with E-state index < -0.39 is 28.6 Å². The van der Waals surface area contributed by atoms with Gasteiger partial charge in [0.15, 0.2) is 0 Å². The molecule has 1 aromatic rings. The van der Waals surface area contributed by atoms with Gasteiger partial charge in [-0.15, -0.1) is 0 Å². The van der Waals surface area contributed by atoms with Crippen LogP contribution in [-0.2, 0) is 17.5 Å². The highest BCUT2D eigenvalue weighted by atomic mass is 19.4. The highest BCUT2D eigenvalue weighted by Gasteiger charge is 2.54. The lowest BCUT2D eigenvalue weighted by Gasteiger charge is -2.22. The predicted octanol–water partition coefficient (Wildman–Crippen LogP) is 2.40. The molecule has 0 N–H and O–H groups in total. The predicted molar refractivity (Wildman–Crippen MR) is 86.8 cm³/mol. The maximum atomic E-state index is 12.6. The molecule has 2 aliphatic rings. The molecule has 1 aromatic carbocycles. The third-order valence-electron chi connectivity index (χ3n) is 4.93. The molecule has 2 fully saturated rings. The molecule has 26 heavy (non-hydrogen) atoms. The Bertz CT molecular complexity index is 678. The number of hydrogen-bond donors (Lipinski definition) is 0. The Hall–Kier alpha value is -2.16. The van der Waals surface area contributed by atoms with Crippen molar-refractivity contribution >= 4 is 5.91 Å². The molecule has 2 atom stereocenters. The molecule has 1 aliphatic carbocycles. The van der Waals surface area contributed by atoms with Crippen LogP contribution in [0.5, 0.6) is 0 Å². The first-order valence-electron chi connectivity index (χ1n) is 8.56. The summed E-state index contributed by atoms with van der Waals surface area (Å²) in [7, 11) is 0. The summed E-state index contributed by atoms with van der Waals surface area (Å²) in [4.78, 5) is 26.4. The summed E-state index contributed by atoms with van der Waals surface area (Å²) >= 11 is 0. The molecule has 142 valence electrons. The maximum Gasteiger partial charge on any atom is 0.416 e. The van der Waals surface area contributed by atoms with Crippen LogP contribution in [0.15, 0.2) is 24.3 Å². The summed E-state index contributed by atoms with van der Waals surface area (Å²) < 4.78 is 37.8. The third-order valence-corrected chi connectivity index (χ3v) is 4.93. The molecule has 0 aromatic heterocycles. The molecule has 0 spiro atoms. The third kappa shape index (κ3) is 4.32. The second-order valence-electron chi connectivity index (χ2n) is 6.84. The molecular weight excluding hydrogens is 351 g/mol. The largest absolute Gasteiger partial charge is 0.416 e. The zero-order valence-electron chi connectivity index (χ0n) is 14.1. The number of alkyl halides is 3. The summed E-state index contributed by atoms with van der Waals surface area (Å²) in [6, 6.07) is 4.36. The fourth-order valence-electron chi connectivity index (χ4n) is 3.32. The van der Waals surface area contributed by atoms with E-state index in [2.05, 4.69) is 4.90 Å². The number of halogens is 3. The van der Waals surface area contributed by atoms with Gasteiger partial charge in [-0.2, -0.15) is 13.2 Å². The van der Waals surface area contributed by atoms with Gasteiger partial charge in [-0.25, -0.2) is 0 Å². The zero-order chi connectivity index (χ0) is 18.9. The number of carbonyl (C=O) groups is 1. The first-order chi connectivity index (χ1) is 12.3. The fraction of sp³-hybridized carbons (Fsp3) is 0.588. The van der Waals surface area contributed by atoms with Crippen molar-refractivity contribution in [2.75, 3.05) is 26.2 Å². The van der Waals surface area contributed by atoms with Gasteiger partial charge >= 0.3 is 6.18 Å². The average Bonchev–Trinajstić information content (AvgIpc) is 3.38. The number of benzene rings is 1. The average molecular weight is 371 g/mol. The standard InChI is InChI=1S/C17H20F3N3O3/c18-17(19,20)13-4-2-12(3-5-13)11-21-6-1-7-22(9-8-21)16(24)14-10-15(14)23(25)26/h2-5,14-15H,1,6-11H2. The van der Waals surface area contributed by atoms with Crippen molar-refractivity contribution in [3.63, 3.8) is 0 Å². The zero-order valence-corrected chi connectivity index (χ0v) is 14.1. The molecule has 2 unspecified atom stereocenters. The van der Waals surface area contributed by atoms with Crippen LogP contribution in [0.3, 0.4) is 0 Å². The summed E-state index contributed by atoms with van der Waals surface area (Å²) in [6.45, 7) is 2.89. The highest BCUT2D eigenvalue weighted by Crippen LogP contribution is 2.35. The minimum absolute atomic E-state index is 0.150. The molecule has 0 radical (unpaired) electrons. The van der Waals surface area contributed by atoms with Crippen LogP contribution in [-0.4, -0.2) is 52.9 Å². The smallest absolute Gasteiger partial charge is 0.341 e. The SMILES string of the molecule is O=C(C1CC1[N+](=O)[O-])N1CCCN(Cc2ccc(C(F)(F)F)cc2)CC1. The Balaban J connectivity index is 1.52. The lowest BCUT2D eigenvalue weighted by molar-refractivity contribution is -0.497. The Morgan fingerprint density at radius 3 is 2.42 bits per heavy atom. The highest BCUT2D eigenvalue weighted by molar-refractivity contribution is 5.82. The Morgan fingerprint density at radius 1 is 1.15 bits per heavy atom. The van der Waals surface area contributed by atoms with Gasteiger partial charge in [0, 0.05) is 44.1 Å². The molecule has 6 nitrogen and oxygen atoms in total. The van der Waals surface area contributed by atoms with Crippen LogP contribution in [0.4, 0.5) is 13.2 Å². The van der Waals surface area contributed by atoms with E-state index in [-0.39, 0.29) is 5.91 Å². The molecule has 1 saturated heterocycles. The Kier molecular flexibility index (Phi) is 5.17. The summed E-state index contributed by atoms with van der Waals surface area (Å²) in [5.74, 6) is -0.644. The van der Waals surface area contributed by atoms with E-state index in [9.17, 15) is 28.1 Å². The van der Waals surface area contributed by atoms with Gasteiger partial charge in [-0.3, -0.25) is 19.8 Å². The van der Waals surface area contributed by atoms with Crippen LogP contribution < -0.4 is 0 Å². The first kappa shape index (κ1) is 18.6. The van der Waals surface area contributed by atoms with Crippen LogP contribution in [0.1, 0.15) is 24.0 Å². The van der Waals surface area contributed by atoms with Gasteiger partial charge in [0.25, 0.3) is 0 Å². The van der Waals surface area contributed by atoms with Gasteiger partial charge in [-0.1, -0.05) is 12.1 Å². The minimum atomic E-state index is -4.34. The minimum Gasteiger partial charge on any atom is -0.341 e. The number of nitrogens with zero attached hydrogens (tertiary/aromatic N) is 3. The number of carbonyl (C=O) groups excluding carboxylic acids is 1. The van der Waals surface area contributed by atoms with E-state index in [1.54, 1.807) is 4.90 Å². The van der Waals surface area contributed by atoms with Gasteiger partial charge in [-0.05, 0) is 24.1 Å². The van der Waals surface area contributed by atoms with Crippen molar-refractivity contribution in [3.8, 4) is 0 Å². The maximum absolute atomic E-state index is 12.6. The van der Waals surface area contributed by atoms with Crippen LogP contribution >= 0.6 is 0 Å². The Labute approximate surface area is 148 Å². The summed E-state index contributed by atoms with van der Waals surface area (Å²) in [6.07, 6.45) is -3.29. The molecule has 1 heterocycles. The molecule has 1 amide bonds. The van der Waals surface area contributed by atoms with E-state index in [4.69, 9.17) is 0 Å². The van der Waals surface area contributed by atoms with Gasteiger partial charge in [0.1, 0.15) is 5.92 Å². The lowest BCUT2D eigenvalue weighted by Crippen LogP contribution is -2.37. The number of hydrogen-bond acceptors (Lipinski definition) is 4. The van der Waals surface area contributed by atoms with Crippen molar-refractivity contribution < 1.29 is 22.9 Å². The van der Waals surface area contributed by atoms with E-state index in [1.165, 1.54) is 12.1 Å². The number of amides is 1. The topological polar surface area (TPSA) is 66.7 Å². The molecule has 3 rings (SSSR count). The van der Waals surface area contributed by atoms with Crippen LogP contribution in [0.2, 0.25) is 0 Å². The Morgan fingerprint density at radius 2 is 1.85 bits per heavy atom. The first-order valence-corrected chi connectivity index (χ1v) is 8.56. The van der Waals surface area contributed by atoms with Gasteiger partial charge in [0.2, 0.25) is 11.9 Å². The van der Waals surface area contributed by atoms with Gasteiger partial charge in [0.05, 0.1) is 5.56 Å². The summed E-state index contributed by atoms with van der Waals surface area (Å²) in [5.41, 5.74) is 0.118. The lowest BCUT2D eigenvalue weighted by atomic mass is 10.1. The van der Waals surface area contributed by atoms with Crippen molar-refractivity contribution in [3.05, 3.63) is 45.5 Å². The van der Waals surface area contributed by atoms with Crippen LogP contribution in [0.25, 0.3) is 0 Å².